The number of hydrogen-bond acceptors (Lipinski definition) is 4. The minimum Gasteiger partial charge on any atom is -0.328 e. The molecule has 236 valence electrons. The zero-order chi connectivity index (χ0) is 32.4. The standard InChI is InChI=1S/C37H60NO3P/c1-32(2,3)23-17-19-25(27(21-23)34(7,8)9)29-31(41-42(39)40)30(37(15,16)38-36(29,13)14)26-20-18-24(33(4,5)6)22-28(26)35(10,11)12/h17-22,29-31,38-40H,1-16H3. The number of nitrogens with one attached hydrogen (secondary N) is 1. The molecule has 2 aromatic rings. The Morgan fingerprint density at radius 2 is 0.929 bits per heavy atom. The molecule has 0 spiro atoms. The van der Waals surface area contributed by atoms with Crippen LogP contribution in [0.5, 0.6) is 0 Å². The summed E-state index contributed by atoms with van der Waals surface area (Å²) in [6.45, 7) is 36.1. The van der Waals surface area contributed by atoms with E-state index in [1.165, 1.54) is 33.4 Å². The fraction of sp³-hybridized carbons (Fsp3) is 0.676. The Hall–Kier alpha value is -1.29. The van der Waals surface area contributed by atoms with Crippen LogP contribution in [0.2, 0.25) is 0 Å². The SMILES string of the molecule is CC(C)(C)c1ccc(C2C(OP(O)O)C(c3ccc(C(C)(C)C)cc3C(C)(C)C)C(C)(C)NC2(C)C)c(C(C)(C)C)c1. The largest absolute Gasteiger partial charge is 0.328 e. The lowest BCUT2D eigenvalue weighted by molar-refractivity contribution is 0.000308. The van der Waals surface area contributed by atoms with Gasteiger partial charge in [0.2, 0.25) is 0 Å². The van der Waals surface area contributed by atoms with Crippen molar-refractivity contribution in [2.24, 2.45) is 0 Å². The highest BCUT2D eigenvalue weighted by molar-refractivity contribution is 7.39. The first kappa shape index (κ1) is 35.2. The molecule has 3 rings (SSSR count). The molecule has 0 bridgehead atoms. The van der Waals surface area contributed by atoms with E-state index in [4.69, 9.17) is 4.52 Å². The van der Waals surface area contributed by atoms with E-state index >= 15 is 0 Å². The minimum absolute atomic E-state index is 0.0141. The lowest BCUT2D eigenvalue weighted by Crippen LogP contribution is -2.67. The molecule has 1 fully saturated rings. The third-order valence-corrected chi connectivity index (χ3v) is 9.63. The summed E-state index contributed by atoms with van der Waals surface area (Å²) >= 11 is 0. The molecule has 1 aliphatic heterocycles. The van der Waals surface area contributed by atoms with E-state index in [2.05, 4.69) is 152 Å². The zero-order valence-electron chi connectivity index (χ0n) is 29.4. The van der Waals surface area contributed by atoms with Crippen molar-refractivity contribution in [2.45, 2.75) is 161 Å². The van der Waals surface area contributed by atoms with E-state index in [-0.39, 0.29) is 33.5 Å². The second-order valence-corrected chi connectivity index (χ2v) is 18.7. The molecule has 3 N–H and O–H groups in total. The van der Waals surface area contributed by atoms with Crippen molar-refractivity contribution in [2.75, 3.05) is 0 Å². The number of benzene rings is 2. The predicted octanol–water partition coefficient (Wildman–Crippen LogP) is 9.50. The summed E-state index contributed by atoms with van der Waals surface area (Å²) in [4.78, 5) is 21.0. The van der Waals surface area contributed by atoms with Gasteiger partial charge in [0.05, 0.1) is 6.10 Å². The fourth-order valence-electron chi connectivity index (χ4n) is 7.25. The average Bonchev–Trinajstić information content (AvgIpc) is 2.74. The molecule has 0 aromatic heterocycles. The molecule has 2 aromatic carbocycles. The van der Waals surface area contributed by atoms with E-state index in [1.807, 2.05) is 0 Å². The van der Waals surface area contributed by atoms with Crippen LogP contribution in [0.4, 0.5) is 0 Å². The van der Waals surface area contributed by atoms with Gasteiger partial charge >= 0.3 is 8.60 Å². The van der Waals surface area contributed by atoms with Crippen molar-refractivity contribution < 1.29 is 14.3 Å². The third-order valence-electron chi connectivity index (χ3n) is 9.20. The molecule has 4 nitrogen and oxygen atoms in total. The summed E-state index contributed by atoms with van der Waals surface area (Å²) < 4.78 is 6.36. The van der Waals surface area contributed by atoms with Crippen molar-refractivity contribution in [3.8, 4) is 0 Å². The summed E-state index contributed by atoms with van der Waals surface area (Å²) in [6.07, 6.45) is -0.472. The van der Waals surface area contributed by atoms with Gasteiger partial charge in [-0.15, -0.1) is 0 Å². The lowest BCUT2D eigenvalue weighted by Gasteiger charge is -2.57. The second kappa shape index (κ2) is 11.3. The van der Waals surface area contributed by atoms with Gasteiger partial charge in [0.1, 0.15) is 0 Å². The molecule has 1 heterocycles. The molecule has 42 heavy (non-hydrogen) atoms. The smallest absolute Gasteiger partial charge is 0.327 e. The van der Waals surface area contributed by atoms with Gasteiger partial charge < -0.3 is 19.6 Å². The maximum absolute atomic E-state index is 10.5. The predicted molar refractivity (Wildman–Crippen MR) is 181 cm³/mol. The Kier molecular flexibility index (Phi) is 9.43. The number of piperidine rings is 1. The van der Waals surface area contributed by atoms with Gasteiger partial charge in [0.25, 0.3) is 0 Å². The van der Waals surface area contributed by atoms with Crippen LogP contribution in [0.1, 0.15) is 156 Å². The Bertz CT molecular complexity index is 1170. The first-order valence-corrected chi connectivity index (χ1v) is 16.8. The Balaban J connectivity index is 2.41. The van der Waals surface area contributed by atoms with Gasteiger partial charge in [-0.1, -0.05) is 119 Å². The van der Waals surface area contributed by atoms with Crippen LogP contribution < -0.4 is 5.32 Å². The Labute approximate surface area is 259 Å². The van der Waals surface area contributed by atoms with Gasteiger partial charge in [0, 0.05) is 22.9 Å². The second-order valence-electron chi connectivity index (χ2n) is 18.0. The monoisotopic (exact) mass is 597 g/mol. The van der Waals surface area contributed by atoms with E-state index in [1.54, 1.807) is 0 Å². The van der Waals surface area contributed by atoms with Crippen molar-refractivity contribution in [3.63, 3.8) is 0 Å². The highest BCUT2D eigenvalue weighted by Crippen LogP contribution is 2.55. The maximum atomic E-state index is 10.5. The van der Waals surface area contributed by atoms with E-state index < -0.39 is 25.8 Å². The average molecular weight is 598 g/mol. The summed E-state index contributed by atoms with van der Waals surface area (Å²) in [5.41, 5.74) is 6.57. The van der Waals surface area contributed by atoms with Gasteiger partial charge in [0.15, 0.2) is 0 Å². The number of hydrogen-bond donors (Lipinski definition) is 3. The minimum atomic E-state index is -2.59. The Morgan fingerprint density at radius 3 is 1.19 bits per heavy atom. The number of rotatable bonds is 4. The van der Waals surface area contributed by atoms with Gasteiger partial charge in [-0.25, -0.2) is 0 Å². The molecule has 0 amide bonds. The molecule has 0 saturated carbocycles. The van der Waals surface area contributed by atoms with E-state index in [0.29, 0.717) is 0 Å². The molecular formula is C37H60NO3P. The van der Waals surface area contributed by atoms with E-state index in [0.717, 1.165) is 0 Å². The third kappa shape index (κ3) is 7.32. The summed E-state index contributed by atoms with van der Waals surface area (Å²) in [5.74, 6) is -0.281. The van der Waals surface area contributed by atoms with E-state index in [9.17, 15) is 9.79 Å². The van der Waals surface area contributed by atoms with Crippen LogP contribution in [0, 0.1) is 0 Å². The quantitative estimate of drug-likeness (QED) is 0.307. The van der Waals surface area contributed by atoms with Crippen LogP contribution in [0.3, 0.4) is 0 Å². The summed E-state index contributed by atoms with van der Waals surface area (Å²) in [7, 11) is -2.59. The highest BCUT2D eigenvalue weighted by Gasteiger charge is 2.56. The van der Waals surface area contributed by atoms with Gasteiger partial charge in [-0.05, 0) is 82.7 Å². The molecule has 1 saturated heterocycles. The van der Waals surface area contributed by atoms with Gasteiger partial charge in [-0.2, -0.15) is 0 Å². The van der Waals surface area contributed by atoms with Crippen LogP contribution in [-0.4, -0.2) is 27.0 Å². The summed E-state index contributed by atoms with van der Waals surface area (Å²) in [5, 5.41) is 4.04. The fourth-order valence-corrected chi connectivity index (χ4v) is 7.71. The molecule has 1 aliphatic rings. The lowest BCUT2D eigenvalue weighted by atomic mass is 9.59. The summed E-state index contributed by atoms with van der Waals surface area (Å²) in [6, 6.07) is 13.8. The van der Waals surface area contributed by atoms with Crippen molar-refractivity contribution in [1.29, 1.82) is 0 Å². The van der Waals surface area contributed by atoms with Crippen LogP contribution in [0.15, 0.2) is 36.4 Å². The molecular weight excluding hydrogens is 537 g/mol. The topological polar surface area (TPSA) is 61.7 Å². The first-order chi connectivity index (χ1) is 18.7. The van der Waals surface area contributed by atoms with Gasteiger partial charge in [-0.3, -0.25) is 0 Å². The first-order valence-electron chi connectivity index (χ1n) is 15.6. The maximum Gasteiger partial charge on any atom is 0.327 e. The van der Waals surface area contributed by atoms with Crippen LogP contribution in [-0.2, 0) is 26.2 Å². The van der Waals surface area contributed by atoms with Crippen molar-refractivity contribution in [3.05, 3.63) is 69.8 Å². The van der Waals surface area contributed by atoms with Crippen molar-refractivity contribution in [1.82, 2.24) is 5.32 Å². The molecule has 0 radical (unpaired) electrons. The highest BCUT2D eigenvalue weighted by atomic mass is 31.2. The van der Waals surface area contributed by atoms with Crippen LogP contribution in [0.25, 0.3) is 0 Å². The molecule has 2 atom stereocenters. The normalized spacial score (nSPS) is 23.4. The molecule has 0 aliphatic carbocycles. The molecule has 5 heteroatoms. The van der Waals surface area contributed by atoms with Crippen LogP contribution >= 0.6 is 8.60 Å². The zero-order valence-corrected chi connectivity index (χ0v) is 30.3. The Morgan fingerprint density at radius 1 is 0.595 bits per heavy atom. The van der Waals surface area contributed by atoms with Crippen molar-refractivity contribution >= 4 is 8.60 Å². The molecule has 2 unspecified atom stereocenters.